The lowest BCUT2D eigenvalue weighted by Gasteiger charge is -2.43. The molecule has 8 heteroatoms. The number of halogens is 2. The van der Waals surface area contributed by atoms with Crippen molar-refractivity contribution in [3.05, 3.63) is 35.4 Å². The molecule has 2 fully saturated rings. The molecule has 1 aromatic carbocycles. The van der Waals surface area contributed by atoms with Crippen molar-refractivity contribution in [3.8, 4) is 0 Å². The first-order valence-electron chi connectivity index (χ1n) is 13.7. The normalized spacial score (nSPS) is 21.7. The van der Waals surface area contributed by atoms with Crippen molar-refractivity contribution in [1.82, 2.24) is 15.5 Å². The number of urea groups is 1. The van der Waals surface area contributed by atoms with Crippen molar-refractivity contribution in [3.63, 3.8) is 0 Å². The number of unbranched alkanes of at least 4 members (excludes halogenated alkanes) is 1. The first kappa shape index (κ1) is 28.8. The quantitative estimate of drug-likeness (QED) is 0.349. The highest BCUT2D eigenvalue weighted by Crippen LogP contribution is 2.41. The molecule has 36 heavy (non-hydrogen) atoms. The van der Waals surface area contributed by atoms with Crippen molar-refractivity contribution < 1.29 is 23.4 Å². The third-order valence-electron chi connectivity index (χ3n) is 8.08. The van der Waals surface area contributed by atoms with E-state index in [1.54, 1.807) is 12.0 Å². The van der Waals surface area contributed by atoms with Gasteiger partial charge in [0.25, 0.3) is 0 Å². The molecule has 0 aromatic heterocycles. The molecule has 1 saturated heterocycles. The molecule has 1 aromatic rings. The fourth-order valence-electron chi connectivity index (χ4n) is 6.12. The highest BCUT2D eigenvalue weighted by atomic mass is 19.2. The number of amides is 2. The molecule has 1 unspecified atom stereocenters. The number of piperidine rings is 1. The van der Waals surface area contributed by atoms with E-state index in [-0.39, 0.29) is 24.1 Å². The number of nitrogens with zero attached hydrogens (tertiary/aromatic N) is 1. The zero-order valence-electron chi connectivity index (χ0n) is 22.0. The van der Waals surface area contributed by atoms with E-state index < -0.39 is 23.2 Å². The van der Waals surface area contributed by atoms with Crippen LogP contribution in [0.1, 0.15) is 76.2 Å². The maximum Gasteiger partial charge on any atom is 0.317 e. The lowest BCUT2D eigenvalue weighted by Crippen LogP contribution is -2.54. The number of rotatable bonds is 12. The van der Waals surface area contributed by atoms with Crippen LogP contribution < -0.4 is 10.6 Å². The topological polar surface area (TPSA) is 73.8 Å². The van der Waals surface area contributed by atoms with E-state index >= 15 is 0 Å². The molecule has 1 aliphatic heterocycles. The van der Waals surface area contributed by atoms with Crippen LogP contribution in [-0.4, -0.2) is 62.5 Å². The van der Waals surface area contributed by atoms with Gasteiger partial charge >= 0.3 is 6.03 Å². The summed E-state index contributed by atoms with van der Waals surface area (Å²) in [6, 6.07) is 3.88. The van der Waals surface area contributed by atoms with Crippen molar-refractivity contribution >= 4 is 6.03 Å². The summed E-state index contributed by atoms with van der Waals surface area (Å²) in [6.07, 6.45) is 10.2. The number of aliphatic hydroxyl groups is 1. The van der Waals surface area contributed by atoms with Gasteiger partial charge in [0.1, 0.15) is 0 Å². The number of hydrogen-bond acceptors (Lipinski definition) is 4. The molecule has 6 nitrogen and oxygen atoms in total. The van der Waals surface area contributed by atoms with E-state index in [1.807, 2.05) is 7.05 Å². The Balaban J connectivity index is 1.72. The summed E-state index contributed by atoms with van der Waals surface area (Å²) in [6.45, 7) is 2.13. The van der Waals surface area contributed by atoms with E-state index in [0.29, 0.717) is 57.8 Å². The van der Waals surface area contributed by atoms with E-state index in [2.05, 4.69) is 10.6 Å². The number of ether oxygens (including phenoxy) is 1. The average Bonchev–Trinajstić information content (AvgIpc) is 2.89. The zero-order chi connectivity index (χ0) is 26.0. The van der Waals surface area contributed by atoms with Crippen LogP contribution in [0.15, 0.2) is 18.2 Å². The second-order valence-corrected chi connectivity index (χ2v) is 10.7. The first-order valence-corrected chi connectivity index (χ1v) is 13.7. The van der Waals surface area contributed by atoms with Gasteiger partial charge in [-0.3, -0.25) is 0 Å². The van der Waals surface area contributed by atoms with Gasteiger partial charge in [-0.2, -0.15) is 0 Å². The second-order valence-electron chi connectivity index (χ2n) is 10.7. The highest BCUT2D eigenvalue weighted by Gasteiger charge is 2.43. The summed E-state index contributed by atoms with van der Waals surface area (Å²) >= 11 is 0. The molecule has 0 bridgehead atoms. The monoisotopic (exact) mass is 509 g/mol. The molecule has 2 aliphatic rings. The van der Waals surface area contributed by atoms with Gasteiger partial charge in [0, 0.05) is 50.9 Å². The predicted octanol–water partition coefficient (Wildman–Crippen LogP) is 4.95. The summed E-state index contributed by atoms with van der Waals surface area (Å²) in [5.74, 6) is -1.72. The Morgan fingerprint density at radius 2 is 1.97 bits per heavy atom. The molecule has 3 N–H and O–H groups in total. The van der Waals surface area contributed by atoms with Gasteiger partial charge in [0.05, 0.1) is 5.60 Å². The number of likely N-dealkylation sites (tertiary alicyclic amines) is 1. The Bertz CT molecular complexity index is 821. The van der Waals surface area contributed by atoms with Gasteiger partial charge in [-0.15, -0.1) is 0 Å². The van der Waals surface area contributed by atoms with Crippen LogP contribution >= 0.6 is 0 Å². The largest absolute Gasteiger partial charge is 0.385 e. The van der Waals surface area contributed by atoms with Crippen molar-refractivity contribution in [1.29, 1.82) is 0 Å². The maximum atomic E-state index is 14.9. The number of methoxy groups -OCH3 is 1. The van der Waals surface area contributed by atoms with Crippen LogP contribution in [0.4, 0.5) is 13.6 Å². The Morgan fingerprint density at radius 3 is 2.69 bits per heavy atom. The number of carbonyl (C=O) groups excluding carboxylic acids is 1. The minimum Gasteiger partial charge on any atom is -0.385 e. The Labute approximate surface area is 215 Å². The molecule has 1 aliphatic carbocycles. The molecular formula is C28H45F2N3O3. The molecular weight excluding hydrogens is 464 g/mol. The van der Waals surface area contributed by atoms with Crippen LogP contribution in [0.25, 0.3) is 0 Å². The van der Waals surface area contributed by atoms with Crippen LogP contribution in [0, 0.1) is 23.5 Å². The predicted molar refractivity (Wildman–Crippen MR) is 138 cm³/mol. The van der Waals surface area contributed by atoms with Gasteiger partial charge < -0.3 is 25.4 Å². The molecule has 3 rings (SSSR count). The van der Waals surface area contributed by atoms with Gasteiger partial charge in [-0.1, -0.05) is 44.2 Å². The average molecular weight is 510 g/mol. The van der Waals surface area contributed by atoms with E-state index in [4.69, 9.17) is 4.74 Å². The molecule has 1 heterocycles. The van der Waals surface area contributed by atoms with Gasteiger partial charge in [0.2, 0.25) is 0 Å². The fourth-order valence-corrected chi connectivity index (χ4v) is 6.12. The molecule has 2 amide bonds. The highest BCUT2D eigenvalue weighted by molar-refractivity contribution is 5.74. The summed E-state index contributed by atoms with van der Waals surface area (Å²) in [5, 5.41) is 18.3. The van der Waals surface area contributed by atoms with Crippen molar-refractivity contribution in [2.75, 3.05) is 40.4 Å². The second kappa shape index (κ2) is 14.2. The first-order chi connectivity index (χ1) is 17.4. The Kier molecular flexibility index (Phi) is 11.4. The summed E-state index contributed by atoms with van der Waals surface area (Å²) in [5.41, 5.74) is -1.58. The Hall–Kier alpha value is -1.77. The third kappa shape index (κ3) is 7.62. The standard InChI is InChI=1S/C28H45F2N3O3/c1-31-19-23(18-21-10-4-3-5-11-21)32-27(34)33-16-9-12-22(20-33)28(35,15-6-7-17-36-2)24-13-8-14-25(29)26(24)30/h8,13-14,21-23,31,35H,3-7,9-12,15-20H2,1-2H3,(H,32,34)/t22-,23?,28+/m1/s1. The molecule has 1 saturated carbocycles. The number of carbonyl (C=O) groups is 1. The number of benzene rings is 1. The van der Waals surface area contributed by atoms with E-state index in [1.165, 1.54) is 44.2 Å². The summed E-state index contributed by atoms with van der Waals surface area (Å²) in [7, 11) is 3.51. The van der Waals surface area contributed by atoms with Crippen LogP contribution in [0.3, 0.4) is 0 Å². The smallest absolute Gasteiger partial charge is 0.317 e. The number of nitrogens with one attached hydrogen (secondary N) is 2. The van der Waals surface area contributed by atoms with Crippen LogP contribution in [-0.2, 0) is 10.3 Å². The van der Waals surface area contributed by atoms with Gasteiger partial charge in [0.15, 0.2) is 11.6 Å². The maximum absolute atomic E-state index is 14.9. The molecule has 0 radical (unpaired) electrons. The summed E-state index contributed by atoms with van der Waals surface area (Å²) < 4.78 is 34.2. The third-order valence-corrected chi connectivity index (χ3v) is 8.08. The minimum absolute atomic E-state index is 0.0162. The zero-order valence-corrected chi connectivity index (χ0v) is 22.0. The Morgan fingerprint density at radius 1 is 1.19 bits per heavy atom. The number of likely N-dealkylation sites (N-methyl/N-ethyl adjacent to an activating group) is 1. The van der Waals surface area contributed by atoms with Crippen molar-refractivity contribution in [2.45, 2.75) is 82.3 Å². The van der Waals surface area contributed by atoms with Crippen LogP contribution in [0.2, 0.25) is 0 Å². The van der Waals surface area contributed by atoms with E-state index in [0.717, 1.165) is 12.5 Å². The van der Waals surface area contributed by atoms with Gasteiger partial charge in [-0.25, -0.2) is 13.6 Å². The van der Waals surface area contributed by atoms with E-state index in [9.17, 15) is 18.7 Å². The number of hydrogen-bond donors (Lipinski definition) is 3. The van der Waals surface area contributed by atoms with Gasteiger partial charge in [-0.05, 0) is 57.6 Å². The summed E-state index contributed by atoms with van der Waals surface area (Å²) in [4.78, 5) is 15.1. The molecule has 0 spiro atoms. The SMILES string of the molecule is CNCC(CC1CCCCC1)NC(=O)N1CCC[C@@H]([C@@](O)(CCCCOC)c2cccc(F)c2F)C1. The lowest BCUT2D eigenvalue weighted by molar-refractivity contribution is -0.0591. The molecule has 3 atom stereocenters. The lowest BCUT2D eigenvalue weighted by atomic mass is 9.74. The van der Waals surface area contributed by atoms with Crippen molar-refractivity contribution in [2.24, 2.45) is 11.8 Å². The van der Waals surface area contributed by atoms with Crippen LogP contribution in [0.5, 0.6) is 0 Å². The molecule has 204 valence electrons. The fraction of sp³-hybridized carbons (Fsp3) is 0.750. The minimum atomic E-state index is -1.56.